The molecule has 0 saturated heterocycles. The van der Waals surface area contributed by atoms with Gasteiger partial charge in [-0.2, -0.15) is 5.26 Å². The van der Waals surface area contributed by atoms with Gasteiger partial charge in [0, 0.05) is 48.1 Å². The average molecular weight is 484 g/mol. The molecule has 0 aliphatic rings. The number of aryl methyl sites for hydroxylation is 1. The van der Waals surface area contributed by atoms with Gasteiger partial charge in [0.1, 0.15) is 24.5 Å². The molecule has 0 saturated carbocycles. The number of aliphatic hydroxyl groups is 1. The fourth-order valence-corrected chi connectivity index (χ4v) is 3.95. The van der Waals surface area contributed by atoms with Crippen LogP contribution in [-0.2, 0) is 17.6 Å². The van der Waals surface area contributed by atoms with Crippen molar-refractivity contribution >= 4 is 46.3 Å². The minimum Gasteiger partial charge on any atom is -0.489 e. The van der Waals surface area contributed by atoms with Gasteiger partial charge < -0.3 is 20.3 Å². The SMILES string of the molecule is CC(C)(Cc1ccc2ccccc2c1)NC[C@@H](O)COc1ccc(CCCC(=O)O)cc1C#N.[Na]. The number of hydrogen-bond acceptors (Lipinski definition) is 5. The summed E-state index contributed by atoms with van der Waals surface area (Å²) in [5, 5.41) is 34.5. The number of nitrogens with zero attached hydrogens (tertiary/aromatic N) is 1. The number of carbonyl (C=O) groups is 1. The minimum atomic E-state index is -0.830. The summed E-state index contributed by atoms with van der Waals surface area (Å²) in [6, 6.07) is 22.1. The molecule has 0 heterocycles. The molecule has 0 fully saturated rings. The molecule has 6 nitrogen and oxygen atoms in total. The molecule has 0 bridgehead atoms. The number of β-amino-alcohol motifs (C(OH)–C–C–N with tert-alkyl or cyclic N) is 1. The van der Waals surface area contributed by atoms with Crippen LogP contribution in [0, 0.1) is 11.3 Å². The van der Waals surface area contributed by atoms with E-state index in [-0.39, 0.29) is 48.1 Å². The third-order valence-corrected chi connectivity index (χ3v) is 5.73. The van der Waals surface area contributed by atoms with Gasteiger partial charge in [-0.05, 0) is 67.1 Å². The van der Waals surface area contributed by atoms with Crippen molar-refractivity contribution in [1.29, 1.82) is 5.26 Å². The molecule has 0 aliphatic carbocycles. The van der Waals surface area contributed by atoms with Gasteiger partial charge in [0.15, 0.2) is 0 Å². The number of fused-ring (bicyclic) bond motifs is 1. The summed E-state index contributed by atoms with van der Waals surface area (Å²) in [7, 11) is 0. The van der Waals surface area contributed by atoms with Crippen LogP contribution < -0.4 is 10.1 Å². The van der Waals surface area contributed by atoms with E-state index >= 15 is 0 Å². The Morgan fingerprint density at radius 3 is 2.51 bits per heavy atom. The van der Waals surface area contributed by atoms with E-state index < -0.39 is 12.1 Å². The first-order valence-electron chi connectivity index (χ1n) is 11.5. The van der Waals surface area contributed by atoms with Crippen molar-refractivity contribution in [2.75, 3.05) is 13.2 Å². The van der Waals surface area contributed by atoms with Gasteiger partial charge in [0.25, 0.3) is 0 Å². The van der Waals surface area contributed by atoms with Crippen LogP contribution in [0.25, 0.3) is 10.8 Å². The quantitative estimate of drug-likeness (QED) is 0.336. The summed E-state index contributed by atoms with van der Waals surface area (Å²) < 4.78 is 5.71. The van der Waals surface area contributed by atoms with Crippen LogP contribution in [0.5, 0.6) is 5.75 Å². The van der Waals surface area contributed by atoms with Crippen molar-refractivity contribution in [1.82, 2.24) is 5.32 Å². The van der Waals surface area contributed by atoms with E-state index in [1.54, 1.807) is 12.1 Å². The first-order valence-corrected chi connectivity index (χ1v) is 11.5. The Labute approximate surface area is 229 Å². The second-order valence-corrected chi connectivity index (χ2v) is 9.28. The first-order chi connectivity index (χ1) is 16.3. The van der Waals surface area contributed by atoms with Crippen LogP contribution in [0.3, 0.4) is 0 Å². The number of benzene rings is 3. The molecule has 1 atom stereocenters. The summed E-state index contributed by atoms with van der Waals surface area (Å²) in [6.07, 6.45) is 1.27. The average Bonchev–Trinajstić information content (AvgIpc) is 2.81. The fraction of sp³-hybridized carbons (Fsp3) is 0.357. The van der Waals surface area contributed by atoms with Gasteiger partial charge in [-0.3, -0.25) is 4.79 Å². The number of nitrogens with one attached hydrogen (secondary N) is 1. The van der Waals surface area contributed by atoms with Crippen molar-refractivity contribution in [3.8, 4) is 11.8 Å². The normalized spacial score (nSPS) is 11.9. The number of aliphatic carboxylic acids is 1. The Kier molecular flexibility index (Phi) is 11.2. The maximum Gasteiger partial charge on any atom is 0.303 e. The number of carboxylic acid groups (broad SMARTS) is 1. The van der Waals surface area contributed by atoms with Crippen molar-refractivity contribution in [3.05, 3.63) is 77.4 Å². The van der Waals surface area contributed by atoms with Crippen molar-refractivity contribution in [2.45, 2.75) is 51.2 Å². The van der Waals surface area contributed by atoms with E-state index in [4.69, 9.17) is 9.84 Å². The molecule has 0 aliphatic heterocycles. The molecule has 3 rings (SSSR count). The van der Waals surface area contributed by atoms with Gasteiger partial charge in [-0.1, -0.05) is 48.5 Å². The minimum absolute atomic E-state index is 0. The fourth-order valence-electron chi connectivity index (χ4n) is 3.95. The maximum absolute atomic E-state index is 10.7. The monoisotopic (exact) mass is 483 g/mol. The third-order valence-electron chi connectivity index (χ3n) is 5.73. The molecule has 0 amide bonds. The van der Waals surface area contributed by atoms with Crippen LogP contribution in [0.1, 0.15) is 43.4 Å². The van der Waals surface area contributed by atoms with Gasteiger partial charge >= 0.3 is 5.97 Å². The van der Waals surface area contributed by atoms with Gasteiger partial charge in [0.05, 0.1) is 5.56 Å². The molecule has 7 heteroatoms. The van der Waals surface area contributed by atoms with Crippen molar-refractivity contribution in [3.63, 3.8) is 0 Å². The van der Waals surface area contributed by atoms with Crippen LogP contribution >= 0.6 is 0 Å². The molecule has 35 heavy (non-hydrogen) atoms. The zero-order valence-electron chi connectivity index (χ0n) is 20.8. The molecule has 3 N–H and O–H groups in total. The summed E-state index contributed by atoms with van der Waals surface area (Å²) in [5.74, 6) is -0.414. The molecular formula is C28H32N2NaO4. The number of hydrogen-bond donors (Lipinski definition) is 3. The molecule has 0 spiro atoms. The number of nitriles is 1. The van der Waals surface area contributed by atoms with Gasteiger partial charge in [-0.25, -0.2) is 0 Å². The predicted octanol–water partition coefficient (Wildman–Crippen LogP) is 4.09. The van der Waals surface area contributed by atoms with Crippen molar-refractivity contribution < 1.29 is 19.7 Å². The molecule has 1 radical (unpaired) electrons. The van der Waals surface area contributed by atoms with E-state index in [0.29, 0.717) is 30.7 Å². The second-order valence-electron chi connectivity index (χ2n) is 9.28. The van der Waals surface area contributed by atoms with E-state index in [0.717, 1.165) is 12.0 Å². The smallest absolute Gasteiger partial charge is 0.303 e. The molecule has 0 unspecified atom stereocenters. The van der Waals surface area contributed by atoms with E-state index in [1.165, 1.54) is 16.3 Å². The third kappa shape index (κ3) is 9.29. The van der Waals surface area contributed by atoms with Crippen LogP contribution in [-0.4, -0.2) is 70.5 Å². The summed E-state index contributed by atoms with van der Waals surface area (Å²) >= 11 is 0. The Morgan fingerprint density at radius 1 is 1.09 bits per heavy atom. The summed E-state index contributed by atoms with van der Waals surface area (Å²) in [4.78, 5) is 10.7. The maximum atomic E-state index is 10.7. The van der Waals surface area contributed by atoms with Crippen LogP contribution in [0.15, 0.2) is 60.7 Å². The molecular weight excluding hydrogens is 451 g/mol. The predicted molar refractivity (Wildman–Crippen MR) is 139 cm³/mol. The van der Waals surface area contributed by atoms with Crippen LogP contribution in [0.4, 0.5) is 0 Å². The summed E-state index contributed by atoms with van der Waals surface area (Å²) in [5.41, 5.74) is 2.27. The Balaban J connectivity index is 0.00000432. The Bertz CT molecular complexity index is 1170. The zero-order chi connectivity index (χ0) is 24.6. The summed E-state index contributed by atoms with van der Waals surface area (Å²) in [6.45, 7) is 4.63. The number of carboxylic acids is 1. The largest absolute Gasteiger partial charge is 0.489 e. The topological polar surface area (TPSA) is 103 Å². The standard InChI is InChI=1S/C28H32N2O4.Na/c1-28(2,16-21-10-12-22-7-3-4-8-23(22)15-21)30-18-25(31)19-34-26-13-11-20(14-24(26)17-29)6-5-9-27(32)33;/h3-4,7-8,10-15,25,30-31H,5-6,9,16,18-19H2,1-2H3,(H,32,33);/t25-;/m1./s1. The van der Waals surface area contributed by atoms with Gasteiger partial charge in [0.2, 0.25) is 0 Å². The number of rotatable bonds is 12. The Hall–Kier alpha value is -2.40. The van der Waals surface area contributed by atoms with E-state index in [1.807, 2.05) is 18.2 Å². The van der Waals surface area contributed by atoms with E-state index in [9.17, 15) is 15.2 Å². The number of aliphatic hydroxyl groups excluding tert-OH is 1. The van der Waals surface area contributed by atoms with Crippen LogP contribution in [0.2, 0.25) is 0 Å². The molecule has 3 aromatic carbocycles. The molecule has 3 aromatic rings. The molecule has 179 valence electrons. The van der Waals surface area contributed by atoms with Gasteiger partial charge in [-0.15, -0.1) is 0 Å². The van der Waals surface area contributed by atoms with E-state index in [2.05, 4.69) is 55.6 Å². The number of ether oxygens (including phenoxy) is 1. The molecule has 0 aromatic heterocycles. The van der Waals surface area contributed by atoms with Crippen molar-refractivity contribution in [2.24, 2.45) is 0 Å². The Morgan fingerprint density at radius 2 is 1.80 bits per heavy atom. The second kappa shape index (κ2) is 13.6. The zero-order valence-corrected chi connectivity index (χ0v) is 22.8. The first kappa shape index (κ1) is 28.8.